The van der Waals surface area contributed by atoms with Gasteiger partial charge in [-0.1, -0.05) is 60.7 Å². The van der Waals surface area contributed by atoms with Crippen molar-refractivity contribution < 1.29 is 5.11 Å². The van der Waals surface area contributed by atoms with Crippen LogP contribution in [0.15, 0.2) is 100 Å². The summed E-state index contributed by atoms with van der Waals surface area (Å²) in [4.78, 5) is 0. The first kappa shape index (κ1) is 15.4. The molecule has 0 saturated heterocycles. The summed E-state index contributed by atoms with van der Waals surface area (Å²) in [6.45, 7) is 0. The van der Waals surface area contributed by atoms with Gasteiger partial charge in [0.1, 0.15) is 11.4 Å². The maximum atomic E-state index is 9.79. The third-order valence-electron chi connectivity index (χ3n) is 3.23. The zero-order chi connectivity index (χ0) is 16.6. The zero-order valence-electron chi connectivity index (χ0n) is 12.9. The van der Waals surface area contributed by atoms with Crippen LogP contribution in [0.25, 0.3) is 0 Å². The van der Waals surface area contributed by atoms with Gasteiger partial charge in [0.25, 0.3) is 0 Å². The Hall–Kier alpha value is -3.47. The van der Waals surface area contributed by atoms with E-state index < -0.39 is 0 Å². The number of nitrogens with zero attached hydrogens (tertiary/aromatic N) is 3. The van der Waals surface area contributed by atoms with Gasteiger partial charge in [-0.05, 0) is 24.3 Å². The average Bonchev–Trinajstić information content (AvgIpc) is 2.65. The molecule has 0 aliphatic heterocycles. The highest BCUT2D eigenvalue weighted by Gasteiger charge is 2.03. The van der Waals surface area contributed by atoms with E-state index in [0.29, 0.717) is 11.5 Å². The number of hydrogen-bond acceptors (Lipinski definition) is 4. The van der Waals surface area contributed by atoms with Crippen LogP contribution in [-0.2, 0) is 0 Å². The Balaban J connectivity index is 1.89. The number of amidine groups is 1. The number of azo groups is 1. The van der Waals surface area contributed by atoms with E-state index in [1.54, 1.807) is 24.3 Å². The highest BCUT2D eigenvalue weighted by Crippen LogP contribution is 2.25. The van der Waals surface area contributed by atoms with E-state index in [1.165, 1.54) is 0 Å². The predicted octanol–water partition coefficient (Wildman–Crippen LogP) is 4.95. The average molecular weight is 316 g/mol. The van der Waals surface area contributed by atoms with E-state index in [4.69, 9.17) is 0 Å². The molecule has 0 aliphatic rings. The minimum atomic E-state index is 0.0738. The number of phenolic OH excluding ortho intramolecular Hbond substituents is 1. The molecular formula is C19H16N4O. The minimum Gasteiger partial charge on any atom is -0.506 e. The molecule has 3 aromatic rings. The quantitative estimate of drug-likeness (QED) is 0.309. The van der Waals surface area contributed by atoms with Gasteiger partial charge in [-0.2, -0.15) is 5.10 Å². The minimum absolute atomic E-state index is 0.0738. The molecule has 2 N–H and O–H groups in total. The molecule has 0 aromatic heterocycles. The van der Waals surface area contributed by atoms with Crippen molar-refractivity contribution in [3.05, 3.63) is 90.5 Å². The van der Waals surface area contributed by atoms with Crippen LogP contribution < -0.4 is 5.43 Å². The third kappa shape index (κ3) is 4.04. The lowest BCUT2D eigenvalue weighted by molar-refractivity contribution is 0.476. The lowest BCUT2D eigenvalue weighted by Crippen LogP contribution is -2.00. The molecule has 24 heavy (non-hydrogen) atoms. The number of anilines is 1. The van der Waals surface area contributed by atoms with Gasteiger partial charge in [0.15, 0.2) is 0 Å². The Morgan fingerprint density at radius 2 is 1.38 bits per heavy atom. The molecule has 0 atom stereocenters. The second-order valence-corrected chi connectivity index (χ2v) is 4.97. The van der Waals surface area contributed by atoms with Gasteiger partial charge in [0.05, 0.1) is 5.69 Å². The van der Waals surface area contributed by atoms with Gasteiger partial charge in [-0.15, -0.1) is 10.2 Å². The van der Waals surface area contributed by atoms with Crippen molar-refractivity contribution in [3.63, 3.8) is 0 Å². The number of hydrogen-bond donors (Lipinski definition) is 2. The monoisotopic (exact) mass is 316 g/mol. The van der Waals surface area contributed by atoms with Crippen LogP contribution in [0, 0.1) is 0 Å². The normalized spacial score (nSPS) is 11.6. The number of rotatable bonds is 4. The van der Waals surface area contributed by atoms with Gasteiger partial charge in [-0.25, -0.2) is 0 Å². The Bertz CT molecular complexity index is 846. The summed E-state index contributed by atoms with van der Waals surface area (Å²) in [6.07, 6.45) is 0. The molecule has 0 fully saturated rings. The SMILES string of the molecule is Oc1ccccc1N=N/C(=N\Nc1ccccc1)c1ccccc1. The largest absolute Gasteiger partial charge is 0.506 e. The number of nitrogens with one attached hydrogen (secondary N) is 1. The Labute approximate surface area is 140 Å². The molecule has 5 nitrogen and oxygen atoms in total. The van der Waals surface area contributed by atoms with E-state index in [-0.39, 0.29) is 5.75 Å². The molecule has 0 heterocycles. The highest BCUT2D eigenvalue weighted by atomic mass is 16.3. The van der Waals surface area contributed by atoms with Crippen molar-refractivity contribution in [2.75, 3.05) is 5.43 Å². The summed E-state index contributed by atoms with van der Waals surface area (Å²) in [5.74, 6) is 0.493. The first-order valence-corrected chi connectivity index (χ1v) is 7.47. The molecule has 0 amide bonds. The Morgan fingerprint density at radius 1 is 0.750 bits per heavy atom. The van der Waals surface area contributed by atoms with Crippen molar-refractivity contribution in [1.29, 1.82) is 0 Å². The van der Waals surface area contributed by atoms with E-state index in [1.807, 2.05) is 60.7 Å². The summed E-state index contributed by atoms with van der Waals surface area (Å²) in [7, 11) is 0. The number of hydrazone groups is 1. The van der Waals surface area contributed by atoms with Crippen LogP contribution in [0.5, 0.6) is 5.75 Å². The van der Waals surface area contributed by atoms with Crippen LogP contribution in [0.1, 0.15) is 5.56 Å². The van der Waals surface area contributed by atoms with Gasteiger partial charge in [0.2, 0.25) is 5.84 Å². The van der Waals surface area contributed by atoms with Crippen molar-refractivity contribution in [2.24, 2.45) is 15.3 Å². The van der Waals surface area contributed by atoms with Crippen LogP contribution in [0.3, 0.4) is 0 Å². The summed E-state index contributed by atoms with van der Waals surface area (Å²) in [5, 5.41) is 22.4. The smallest absolute Gasteiger partial charge is 0.201 e. The van der Waals surface area contributed by atoms with E-state index in [0.717, 1.165) is 11.3 Å². The second kappa shape index (κ2) is 7.69. The molecule has 3 rings (SSSR count). The Kier molecular flexibility index (Phi) is 4.94. The molecule has 0 bridgehead atoms. The van der Waals surface area contributed by atoms with Gasteiger partial charge in [-0.3, -0.25) is 5.43 Å². The second-order valence-electron chi connectivity index (χ2n) is 4.97. The fraction of sp³-hybridized carbons (Fsp3) is 0. The van der Waals surface area contributed by atoms with Crippen LogP contribution in [0.2, 0.25) is 0 Å². The molecule has 0 unspecified atom stereocenters. The molecule has 0 saturated carbocycles. The predicted molar refractivity (Wildman–Crippen MR) is 95.7 cm³/mol. The first-order chi connectivity index (χ1) is 11.8. The van der Waals surface area contributed by atoms with Crippen LogP contribution in [-0.4, -0.2) is 10.9 Å². The third-order valence-corrected chi connectivity index (χ3v) is 3.23. The molecule has 5 heteroatoms. The van der Waals surface area contributed by atoms with Crippen molar-refractivity contribution >= 4 is 17.2 Å². The molecule has 118 valence electrons. The first-order valence-electron chi connectivity index (χ1n) is 7.47. The zero-order valence-corrected chi connectivity index (χ0v) is 12.9. The van der Waals surface area contributed by atoms with E-state index in [2.05, 4.69) is 20.8 Å². The lowest BCUT2D eigenvalue weighted by atomic mass is 10.2. The van der Waals surface area contributed by atoms with Gasteiger partial charge in [0, 0.05) is 5.56 Å². The van der Waals surface area contributed by atoms with Crippen LogP contribution >= 0.6 is 0 Å². The van der Waals surface area contributed by atoms with E-state index >= 15 is 0 Å². The van der Waals surface area contributed by atoms with Crippen LogP contribution in [0.4, 0.5) is 11.4 Å². The Morgan fingerprint density at radius 3 is 2.08 bits per heavy atom. The maximum absolute atomic E-state index is 9.79. The molecule has 0 radical (unpaired) electrons. The summed E-state index contributed by atoms with van der Waals surface area (Å²) < 4.78 is 0. The van der Waals surface area contributed by atoms with Crippen molar-refractivity contribution in [3.8, 4) is 5.75 Å². The van der Waals surface area contributed by atoms with Gasteiger partial charge < -0.3 is 5.11 Å². The lowest BCUT2D eigenvalue weighted by Gasteiger charge is -2.03. The number of para-hydroxylation sites is 2. The number of aromatic hydroxyl groups is 1. The molecule has 0 spiro atoms. The fourth-order valence-corrected chi connectivity index (χ4v) is 2.01. The maximum Gasteiger partial charge on any atom is 0.201 e. The summed E-state index contributed by atoms with van der Waals surface area (Å²) >= 11 is 0. The summed E-state index contributed by atoms with van der Waals surface area (Å²) in [6, 6.07) is 25.9. The molecular weight excluding hydrogens is 300 g/mol. The number of benzene rings is 3. The van der Waals surface area contributed by atoms with Crippen molar-refractivity contribution in [1.82, 2.24) is 0 Å². The van der Waals surface area contributed by atoms with Gasteiger partial charge >= 0.3 is 0 Å². The van der Waals surface area contributed by atoms with E-state index in [9.17, 15) is 5.11 Å². The number of phenols is 1. The topological polar surface area (TPSA) is 69.3 Å². The highest BCUT2D eigenvalue weighted by molar-refractivity contribution is 5.99. The van der Waals surface area contributed by atoms with Crippen molar-refractivity contribution in [2.45, 2.75) is 0 Å². The fourth-order valence-electron chi connectivity index (χ4n) is 2.01. The summed E-state index contributed by atoms with van der Waals surface area (Å²) in [5.41, 5.74) is 5.03. The standard InChI is InChI=1S/C19H16N4O/c24-18-14-8-7-13-17(18)21-23-19(15-9-3-1-4-10-15)22-20-16-11-5-2-6-12-16/h1-14,20,24H/b22-19-,23-21?. The molecule has 0 aliphatic carbocycles. The molecule has 3 aromatic carbocycles.